The zero-order chi connectivity index (χ0) is 16.6. The van der Waals surface area contributed by atoms with Gasteiger partial charge in [0.05, 0.1) is 11.1 Å². The molecule has 0 radical (unpaired) electrons. The van der Waals surface area contributed by atoms with Crippen LogP contribution >= 0.6 is 0 Å². The second-order valence-electron chi connectivity index (χ2n) is 5.55. The predicted molar refractivity (Wildman–Crippen MR) is 83.4 cm³/mol. The molecule has 0 saturated heterocycles. The van der Waals surface area contributed by atoms with Crippen LogP contribution in [-0.2, 0) is 19.8 Å². The molecule has 3 aromatic rings. The predicted octanol–water partition coefficient (Wildman–Crippen LogP) is 5.08. The van der Waals surface area contributed by atoms with Gasteiger partial charge in [-0.15, -0.1) is 0 Å². The van der Waals surface area contributed by atoms with Crippen LogP contribution in [0.25, 0.3) is 10.9 Å². The van der Waals surface area contributed by atoms with E-state index in [1.54, 1.807) is 0 Å². The number of aryl methyl sites for hydroxylation is 2. The lowest BCUT2D eigenvalue weighted by Crippen LogP contribution is -2.04. The number of rotatable bonds is 3. The van der Waals surface area contributed by atoms with Crippen molar-refractivity contribution in [2.24, 2.45) is 7.05 Å². The second kappa shape index (κ2) is 5.65. The van der Waals surface area contributed by atoms with E-state index in [1.165, 1.54) is 17.7 Å². The molecule has 0 atom stereocenters. The SMILES string of the molecule is Cc1cccc2c(COc3ccc(C(F)(F)F)cc3)cn(C)c12. The first-order valence-electron chi connectivity index (χ1n) is 7.20. The summed E-state index contributed by atoms with van der Waals surface area (Å²) >= 11 is 0. The molecule has 5 heteroatoms. The molecule has 120 valence electrons. The summed E-state index contributed by atoms with van der Waals surface area (Å²) in [5.74, 6) is 0.419. The second-order valence-corrected chi connectivity index (χ2v) is 5.55. The van der Waals surface area contributed by atoms with Crippen LogP contribution in [0.1, 0.15) is 16.7 Å². The number of hydrogen-bond acceptors (Lipinski definition) is 1. The Morgan fingerprint density at radius 3 is 2.39 bits per heavy atom. The molecule has 3 rings (SSSR count). The van der Waals surface area contributed by atoms with Crippen molar-refractivity contribution in [3.05, 3.63) is 65.4 Å². The minimum absolute atomic E-state index is 0.312. The molecule has 0 aliphatic rings. The lowest BCUT2D eigenvalue weighted by atomic mass is 10.1. The van der Waals surface area contributed by atoms with Gasteiger partial charge in [-0.2, -0.15) is 13.2 Å². The molecule has 1 heterocycles. The Labute approximate surface area is 132 Å². The van der Waals surface area contributed by atoms with Gasteiger partial charge in [-0.05, 0) is 36.8 Å². The summed E-state index contributed by atoms with van der Waals surface area (Å²) in [5.41, 5.74) is 2.64. The Bertz CT molecular complexity index is 832. The Kier molecular flexibility index (Phi) is 3.80. The van der Waals surface area contributed by atoms with Crippen LogP contribution in [0.15, 0.2) is 48.7 Å². The molecule has 0 fully saturated rings. The number of alkyl halides is 3. The van der Waals surface area contributed by atoms with Crippen molar-refractivity contribution in [2.45, 2.75) is 19.7 Å². The van der Waals surface area contributed by atoms with Gasteiger partial charge in [0, 0.05) is 24.2 Å². The molecular weight excluding hydrogens is 303 g/mol. The summed E-state index contributed by atoms with van der Waals surface area (Å²) in [5, 5.41) is 1.10. The van der Waals surface area contributed by atoms with E-state index in [4.69, 9.17) is 4.74 Å². The minimum atomic E-state index is -4.33. The Morgan fingerprint density at radius 2 is 1.74 bits per heavy atom. The highest BCUT2D eigenvalue weighted by molar-refractivity contribution is 5.86. The number of ether oxygens (including phenoxy) is 1. The summed E-state index contributed by atoms with van der Waals surface area (Å²) in [4.78, 5) is 0. The molecule has 0 aliphatic heterocycles. The van der Waals surface area contributed by atoms with Gasteiger partial charge in [-0.25, -0.2) is 0 Å². The average Bonchev–Trinajstić information content (AvgIpc) is 2.82. The standard InChI is InChI=1S/C18H16F3NO/c1-12-4-3-5-16-13(10-22(2)17(12)16)11-23-15-8-6-14(7-9-15)18(19,20)21/h3-10H,11H2,1-2H3. The van der Waals surface area contributed by atoms with Crippen LogP contribution in [0.4, 0.5) is 13.2 Å². The Morgan fingerprint density at radius 1 is 1.04 bits per heavy atom. The van der Waals surface area contributed by atoms with Gasteiger partial charge in [0.15, 0.2) is 0 Å². The fourth-order valence-corrected chi connectivity index (χ4v) is 2.77. The number of benzene rings is 2. The van der Waals surface area contributed by atoms with Crippen LogP contribution in [0, 0.1) is 6.92 Å². The maximum atomic E-state index is 12.5. The molecule has 2 aromatic carbocycles. The van der Waals surface area contributed by atoms with Crippen molar-refractivity contribution in [3.63, 3.8) is 0 Å². The van der Waals surface area contributed by atoms with Gasteiger partial charge in [-0.3, -0.25) is 0 Å². The van der Waals surface area contributed by atoms with Gasteiger partial charge in [0.25, 0.3) is 0 Å². The maximum Gasteiger partial charge on any atom is 0.416 e. The van der Waals surface area contributed by atoms with E-state index in [0.29, 0.717) is 12.4 Å². The summed E-state index contributed by atoms with van der Waals surface area (Å²) in [7, 11) is 1.97. The molecule has 0 N–H and O–H groups in total. The van der Waals surface area contributed by atoms with Gasteiger partial charge < -0.3 is 9.30 Å². The van der Waals surface area contributed by atoms with E-state index < -0.39 is 11.7 Å². The maximum absolute atomic E-state index is 12.5. The number of halogens is 3. The van der Waals surface area contributed by atoms with Crippen LogP contribution < -0.4 is 4.74 Å². The van der Waals surface area contributed by atoms with Gasteiger partial charge in [0.2, 0.25) is 0 Å². The van der Waals surface area contributed by atoms with E-state index in [1.807, 2.05) is 42.9 Å². The quantitative estimate of drug-likeness (QED) is 0.656. The summed E-state index contributed by atoms with van der Waals surface area (Å²) in [6.45, 7) is 2.36. The minimum Gasteiger partial charge on any atom is -0.489 e. The zero-order valence-corrected chi connectivity index (χ0v) is 12.8. The molecule has 23 heavy (non-hydrogen) atoms. The number of hydrogen-bond donors (Lipinski definition) is 0. The number of fused-ring (bicyclic) bond motifs is 1. The zero-order valence-electron chi connectivity index (χ0n) is 12.8. The van der Waals surface area contributed by atoms with Crippen LogP contribution in [-0.4, -0.2) is 4.57 Å². The van der Waals surface area contributed by atoms with E-state index in [9.17, 15) is 13.2 Å². The molecular formula is C18H16F3NO. The summed E-state index contributed by atoms with van der Waals surface area (Å²) < 4.78 is 45.3. The molecule has 1 aromatic heterocycles. The lowest BCUT2D eigenvalue weighted by Gasteiger charge is -2.09. The smallest absolute Gasteiger partial charge is 0.416 e. The molecule has 0 spiro atoms. The van der Waals surface area contributed by atoms with E-state index in [0.717, 1.165) is 28.6 Å². The van der Waals surface area contributed by atoms with Gasteiger partial charge in [0.1, 0.15) is 12.4 Å². The van der Waals surface area contributed by atoms with Crippen molar-refractivity contribution in [3.8, 4) is 5.75 Å². The van der Waals surface area contributed by atoms with Crippen molar-refractivity contribution < 1.29 is 17.9 Å². The third-order valence-electron chi connectivity index (χ3n) is 3.86. The number of aromatic nitrogens is 1. The highest BCUT2D eigenvalue weighted by atomic mass is 19.4. The first-order valence-corrected chi connectivity index (χ1v) is 7.20. The van der Waals surface area contributed by atoms with Crippen molar-refractivity contribution in [2.75, 3.05) is 0 Å². The molecule has 0 saturated carbocycles. The van der Waals surface area contributed by atoms with Crippen molar-refractivity contribution in [1.29, 1.82) is 0 Å². The Hall–Kier alpha value is -2.43. The van der Waals surface area contributed by atoms with Gasteiger partial charge >= 0.3 is 6.18 Å². The molecule has 2 nitrogen and oxygen atoms in total. The van der Waals surface area contributed by atoms with Crippen LogP contribution in [0.5, 0.6) is 5.75 Å². The van der Waals surface area contributed by atoms with E-state index >= 15 is 0 Å². The molecule has 0 amide bonds. The van der Waals surface area contributed by atoms with E-state index in [2.05, 4.69) is 0 Å². The summed E-state index contributed by atoms with van der Waals surface area (Å²) in [6, 6.07) is 10.8. The Balaban J connectivity index is 1.80. The molecule has 0 unspecified atom stereocenters. The third-order valence-corrected chi connectivity index (χ3v) is 3.86. The van der Waals surface area contributed by atoms with Gasteiger partial charge in [-0.1, -0.05) is 18.2 Å². The normalized spacial score (nSPS) is 11.9. The van der Waals surface area contributed by atoms with Crippen LogP contribution in [0.2, 0.25) is 0 Å². The monoisotopic (exact) mass is 319 g/mol. The number of nitrogens with zero attached hydrogens (tertiary/aromatic N) is 1. The first kappa shape index (κ1) is 15.5. The summed E-state index contributed by atoms with van der Waals surface area (Å²) in [6.07, 6.45) is -2.34. The van der Waals surface area contributed by atoms with Crippen molar-refractivity contribution >= 4 is 10.9 Å². The lowest BCUT2D eigenvalue weighted by molar-refractivity contribution is -0.137. The first-order chi connectivity index (χ1) is 10.9. The van der Waals surface area contributed by atoms with Crippen LogP contribution in [0.3, 0.4) is 0 Å². The highest BCUT2D eigenvalue weighted by Gasteiger charge is 2.30. The number of para-hydroxylation sites is 1. The molecule has 0 aliphatic carbocycles. The van der Waals surface area contributed by atoms with Crippen molar-refractivity contribution in [1.82, 2.24) is 4.57 Å². The fourth-order valence-electron chi connectivity index (χ4n) is 2.77. The highest BCUT2D eigenvalue weighted by Crippen LogP contribution is 2.31. The molecule has 0 bridgehead atoms. The van der Waals surface area contributed by atoms with E-state index in [-0.39, 0.29) is 0 Å². The topological polar surface area (TPSA) is 14.2 Å². The average molecular weight is 319 g/mol. The third kappa shape index (κ3) is 3.04. The fraction of sp³-hybridized carbons (Fsp3) is 0.222. The largest absolute Gasteiger partial charge is 0.489 e.